The molecule has 0 radical (unpaired) electrons. The highest BCUT2D eigenvalue weighted by Crippen LogP contribution is 2.32. The summed E-state index contributed by atoms with van der Waals surface area (Å²) in [4.78, 5) is 16.5. The van der Waals surface area contributed by atoms with Crippen molar-refractivity contribution in [3.05, 3.63) is 28.2 Å². The van der Waals surface area contributed by atoms with E-state index in [1.807, 2.05) is 25.1 Å². The van der Waals surface area contributed by atoms with E-state index in [9.17, 15) is 4.79 Å². The van der Waals surface area contributed by atoms with Crippen molar-refractivity contribution in [1.82, 2.24) is 4.98 Å². The van der Waals surface area contributed by atoms with Crippen LogP contribution in [0.3, 0.4) is 0 Å². The van der Waals surface area contributed by atoms with Crippen LogP contribution in [-0.4, -0.2) is 17.6 Å². The molecule has 1 atom stereocenters. The molecule has 0 saturated carbocycles. The number of thiazole rings is 1. The van der Waals surface area contributed by atoms with E-state index in [4.69, 9.17) is 16.3 Å². The fourth-order valence-electron chi connectivity index (χ4n) is 1.94. The molecule has 0 bridgehead atoms. The monoisotopic (exact) mass is 297 g/mol. The Kier molecular flexibility index (Phi) is 4.77. The highest BCUT2D eigenvalue weighted by molar-refractivity contribution is 7.18. The molecule has 2 aromatic rings. The lowest BCUT2D eigenvalue weighted by molar-refractivity contribution is -0.145. The van der Waals surface area contributed by atoms with E-state index in [0.717, 1.165) is 28.1 Å². The molecule has 1 aromatic carbocycles. The molecule has 1 aromatic heterocycles. The minimum absolute atomic E-state index is 0.186. The van der Waals surface area contributed by atoms with Gasteiger partial charge in [0.25, 0.3) is 0 Å². The van der Waals surface area contributed by atoms with E-state index in [1.54, 1.807) is 0 Å². The second-order valence-corrected chi connectivity index (χ2v) is 5.76. The van der Waals surface area contributed by atoms with Gasteiger partial charge in [-0.2, -0.15) is 0 Å². The lowest BCUT2D eigenvalue weighted by Gasteiger charge is -2.11. The summed E-state index contributed by atoms with van der Waals surface area (Å²) < 4.78 is 6.14. The first kappa shape index (κ1) is 14.3. The number of hydrogen-bond acceptors (Lipinski definition) is 4. The second-order valence-electron chi connectivity index (χ2n) is 4.26. The smallest absolute Gasteiger partial charge is 0.315 e. The van der Waals surface area contributed by atoms with E-state index in [0.29, 0.717) is 11.6 Å². The number of halogens is 1. The predicted molar refractivity (Wildman–Crippen MR) is 78.9 cm³/mol. The van der Waals surface area contributed by atoms with Crippen molar-refractivity contribution in [1.29, 1.82) is 0 Å². The summed E-state index contributed by atoms with van der Waals surface area (Å²) in [5.41, 5.74) is 0.884. The third kappa shape index (κ3) is 3.25. The van der Waals surface area contributed by atoms with Crippen LogP contribution in [0.4, 0.5) is 0 Å². The minimum atomic E-state index is -0.263. The summed E-state index contributed by atoms with van der Waals surface area (Å²) in [6.45, 7) is 4.27. The topological polar surface area (TPSA) is 39.2 Å². The average molecular weight is 298 g/mol. The fourth-order valence-corrected chi connectivity index (χ4v) is 3.31. The summed E-state index contributed by atoms with van der Waals surface area (Å²) in [6, 6.07) is 5.57. The van der Waals surface area contributed by atoms with Crippen LogP contribution in [0.1, 0.15) is 37.6 Å². The number of aromatic nitrogens is 1. The van der Waals surface area contributed by atoms with Gasteiger partial charge in [0.05, 0.1) is 16.8 Å². The van der Waals surface area contributed by atoms with Crippen LogP contribution in [0.15, 0.2) is 18.2 Å². The van der Waals surface area contributed by atoms with Crippen molar-refractivity contribution in [3.8, 4) is 0 Å². The lowest BCUT2D eigenvalue weighted by atomic mass is 10.1. The second kappa shape index (κ2) is 6.35. The predicted octanol–water partition coefficient (Wildman–Crippen LogP) is 4.40. The first-order valence-corrected chi connectivity index (χ1v) is 7.57. The van der Waals surface area contributed by atoms with Crippen molar-refractivity contribution in [2.75, 3.05) is 6.61 Å². The largest absolute Gasteiger partial charge is 0.465 e. The zero-order chi connectivity index (χ0) is 13.8. The van der Waals surface area contributed by atoms with E-state index >= 15 is 0 Å². The molecule has 2 rings (SSSR count). The van der Waals surface area contributed by atoms with E-state index in [-0.39, 0.29) is 11.9 Å². The van der Waals surface area contributed by atoms with Crippen LogP contribution in [0.2, 0.25) is 5.02 Å². The van der Waals surface area contributed by atoms with Crippen molar-refractivity contribution in [2.45, 2.75) is 32.6 Å². The van der Waals surface area contributed by atoms with Crippen LogP contribution < -0.4 is 0 Å². The van der Waals surface area contributed by atoms with E-state index in [2.05, 4.69) is 11.9 Å². The average Bonchev–Trinajstić information content (AvgIpc) is 2.78. The maximum Gasteiger partial charge on any atom is 0.315 e. The first-order chi connectivity index (χ1) is 9.15. The van der Waals surface area contributed by atoms with Gasteiger partial charge in [-0.3, -0.25) is 4.79 Å². The number of carbonyl (C=O) groups excluding carboxylic acids is 1. The number of hydrogen-bond donors (Lipinski definition) is 0. The number of nitrogens with zero attached hydrogens (tertiary/aromatic N) is 1. The minimum Gasteiger partial charge on any atom is -0.465 e. The van der Waals surface area contributed by atoms with E-state index in [1.165, 1.54) is 11.3 Å². The van der Waals surface area contributed by atoms with Gasteiger partial charge in [0, 0.05) is 5.02 Å². The number of fused-ring (bicyclic) bond motifs is 1. The summed E-state index contributed by atoms with van der Waals surface area (Å²) >= 11 is 7.49. The molecule has 0 fully saturated rings. The number of esters is 1. The Balaban J connectivity index is 2.35. The molecule has 0 aliphatic rings. The molecular weight excluding hydrogens is 282 g/mol. The Bertz CT molecular complexity index is 582. The van der Waals surface area contributed by atoms with Crippen LogP contribution in [0, 0.1) is 0 Å². The Morgan fingerprint density at radius 1 is 1.47 bits per heavy atom. The van der Waals surface area contributed by atoms with Gasteiger partial charge in [-0.25, -0.2) is 4.98 Å². The van der Waals surface area contributed by atoms with Crippen molar-refractivity contribution in [2.24, 2.45) is 0 Å². The number of rotatable bonds is 5. The van der Waals surface area contributed by atoms with Gasteiger partial charge in [0.15, 0.2) is 0 Å². The number of benzene rings is 1. The molecule has 102 valence electrons. The molecule has 0 N–H and O–H groups in total. The molecule has 0 amide bonds. The normalized spacial score (nSPS) is 12.6. The number of carbonyl (C=O) groups is 1. The Labute approximate surface area is 121 Å². The van der Waals surface area contributed by atoms with E-state index < -0.39 is 0 Å². The van der Waals surface area contributed by atoms with Crippen LogP contribution in [0.25, 0.3) is 10.2 Å². The third-order valence-electron chi connectivity index (χ3n) is 2.81. The zero-order valence-corrected chi connectivity index (χ0v) is 12.6. The van der Waals surface area contributed by atoms with Crippen molar-refractivity contribution in [3.63, 3.8) is 0 Å². The quantitative estimate of drug-likeness (QED) is 0.768. The molecule has 0 aliphatic carbocycles. The summed E-state index contributed by atoms with van der Waals surface area (Å²) in [5, 5.41) is 1.50. The summed E-state index contributed by atoms with van der Waals surface area (Å²) in [5.74, 6) is -0.448. The highest BCUT2D eigenvalue weighted by Gasteiger charge is 2.24. The molecule has 19 heavy (non-hydrogen) atoms. The van der Waals surface area contributed by atoms with Crippen molar-refractivity contribution < 1.29 is 9.53 Å². The molecule has 0 aliphatic heterocycles. The van der Waals surface area contributed by atoms with Gasteiger partial charge in [0.1, 0.15) is 10.9 Å². The van der Waals surface area contributed by atoms with Gasteiger partial charge in [0.2, 0.25) is 0 Å². The fraction of sp³-hybridized carbons (Fsp3) is 0.429. The van der Waals surface area contributed by atoms with Crippen molar-refractivity contribution >= 4 is 39.1 Å². The van der Waals surface area contributed by atoms with Crippen LogP contribution >= 0.6 is 22.9 Å². The molecule has 5 heteroatoms. The molecule has 1 heterocycles. The van der Waals surface area contributed by atoms with Gasteiger partial charge in [-0.05, 0) is 31.5 Å². The molecular formula is C14H16ClNO2S. The lowest BCUT2D eigenvalue weighted by Crippen LogP contribution is -2.15. The van der Waals surface area contributed by atoms with Gasteiger partial charge in [-0.15, -0.1) is 11.3 Å². The van der Waals surface area contributed by atoms with Gasteiger partial charge >= 0.3 is 5.97 Å². The molecule has 0 saturated heterocycles. The molecule has 0 spiro atoms. The zero-order valence-electron chi connectivity index (χ0n) is 11.0. The maximum atomic E-state index is 12.0. The number of ether oxygens (including phenoxy) is 1. The Morgan fingerprint density at radius 3 is 2.95 bits per heavy atom. The summed E-state index contributed by atoms with van der Waals surface area (Å²) in [7, 11) is 0. The van der Waals surface area contributed by atoms with Gasteiger partial charge in [-0.1, -0.05) is 24.9 Å². The van der Waals surface area contributed by atoms with Gasteiger partial charge < -0.3 is 4.74 Å². The maximum absolute atomic E-state index is 12.0. The first-order valence-electron chi connectivity index (χ1n) is 6.38. The SMILES string of the molecule is CCCC(C(=O)OCC)c1nc2ccc(Cl)cc2s1. The molecule has 3 nitrogen and oxygen atoms in total. The summed E-state index contributed by atoms with van der Waals surface area (Å²) in [6.07, 6.45) is 1.67. The Morgan fingerprint density at radius 2 is 2.26 bits per heavy atom. The van der Waals surface area contributed by atoms with Crippen LogP contribution in [-0.2, 0) is 9.53 Å². The standard InChI is InChI=1S/C14H16ClNO2S/c1-3-5-10(14(17)18-4-2)13-16-11-7-6-9(15)8-12(11)19-13/h6-8,10H,3-5H2,1-2H3. The van der Waals surface area contributed by atoms with Crippen LogP contribution in [0.5, 0.6) is 0 Å². The third-order valence-corrected chi connectivity index (χ3v) is 4.18. The molecule has 1 unspecified atom stereocenters. The highest BCUT2D eigenvalue weighted by atomic mass is 35.5. The Hall–Kier alpha value is -1.13.